The zero-order chi connectivity index (χ0) is 24.2. The van der Waals surface area contributed by atoms with Gasteiger partial charge in [0.15, 0.2) is 0 Å². The van der Waals surface area contributed by atoms with E-state index in [4.69, 9.17) is 0 Å². The number of nitrogens with zero attached hydrogens (tertiary/aromatic N) is 2. The van der Waals surface area contributed by atoms with E-state index in [1.54, 1.807) is 26.2 Å². The summed E-state index contributed by atoms with van der Waals surface area (Å²) in [7, 11) is 3.31. The Labute approximate surface area is 198 Å². The highest BCUT2D eigenvalue weighted by molar-refractivity contribution is 6.37. The third-order valence-corrected chi connectivity index (χ3v) is 5.60. The quantitative estimate of drug-likeness (QED) is 0.551. The van der Waals surface area contributed by atoms with Crippen molar-refractivity contribution >= 4 is 46.1 Å². The Balaban J connectivity index is 1.70. The molecule has 0 bridgehead atoms. The van der Waals surface area contributed by atoms with E-state index in [1.807, 2.05) is 66.7 Å². The van der Waals surface area contributed by atoms with E-state index in [-0.39, 0.29) is 24.3 Å². The maximum absolute atomic E-state index is 12.9. The molecule has 0 unspecified atom stereocenters. The van der Waals surface area contributed by atoms with Crippen LogP contribution in [0.1, 0.15) is 18.1 Å². The second kappa shape index (κ2) is 9.62. The van der Waals surface area contributed by atoms with Crippen molar-refractivity contribution in [3.05, 3.63) is 90.0 Å². The van der Waals surface area contributed by atoms with Crippen LogP contribution >= 0.6 is 0 Å². The van der Waals surface area contributed by atoms with E-state index in [0.717, 1.165) is 22.5 Å². The van der Waals surface area contributed by atoms with Gasteiger partial charge in [-0.3, -0.25) is 14.4 Å². The lowest BCUT2D eigenvalue weighted by atomic mass is 10.00. The fourth-order valence-corrected chi connectivity index (χ4v) is 3.78. The van der Waals surface area contributed by atoms with Crippen molar-refractivity contribution in [3.63, 3.8) is 0 Å². The van der Waals surface area contributed by atoms with E-state index >= 15 is 0 Å². The molecule has 2 N–H and O–H groups in total. The number of hydrogen-bond donors (Lipinski definition) is 2. The summed E-state index contributed by atoms with van der Waals surface area (Å²) < 4.78 is 0. The lowest BCUT2D eigenvalue weighted by molar-refractivity contribution is -0.129. The molecule has 0 saturated heterocycles. The lowest BCUT2D eigenvalue weighted by Gasteiger charge is -2.23. The van der Waals surface area contributed by atoms with Crippen molar-refractivity contribution in [1.29, 1.82) is 0 Å². The molecule has 0 spiro atoms. The first-order chi connectivity index (χ1) is 16.3. The van der Waals surface area contributed by atoms with Crippen LogP contribution in [0.25, 0.3) is 11.3 Å². The summed E-state index contributed by atoms with van der Waals surface area (Å²) in [6.07, 6.45) is 0. The maximum Gasteiger partial charge on any atom is 0.258 e. The number of carbonyl (C=O) groups excluding carboxylic acids is 3. The molecule has 0 saturated carbocycles. The number of para-hydroxylation sites is 1. The molecule has 4 rings (SSSR count). The maximum atomic E-state index is 12.9. The first-order valence-electron chi connectivity index (χ1n) is 10.9. The number of anilines is 3. The van der Waals surface area contributed by atoms with Gasteiger partial charge in [0.1, 0.15) is 6.54 Å². The minimum atomic E-state index is -0.220. The largest absolute Gasteiger partial charge is 0.354 e. The topological polar surface area (TPSA) is 81.8 Å². The van der Waals surface area contributed by atoms with Gasteiger partial charge in [-0.2, -0.15) is 0 Å². The summed E-state index contributed by atoms with van der Waals surface area (Å²) in [6.45, 7) is 1.40. The van der Waals surface area contributed by atoms with Crippen molar-refractivity contribution in [2.45, 2.75) is 6.92 Å². The summed E-state index contributed by atoms with van der Waals surface area (Å²) in [5.74, 6) is -0.559. The van der Waals surface area contributed by atoms with Gasteiger partial charge in [0, 0.05) is 43.6 Å². The zero-order valence-electron chi connectivity index (χ0n) is 19.3. The Morgan fingerprint density at radius 1 is 0.882 bits per heavy atom. The molecule has 1 aliphatic heterocycles. The summed E-state index contributed by atoms with van der Waals surface area (Å²) in [5.41, 5.74) is 5.09. The van der Waals surface area contributed by atoms with E-state index in [9.17, 15) is 14.4 Å². The zero-order valence-corrected chi connectivity index (χ0v) is 19.3. The molecule has 34 heavy (non-hydrogen) atoms. The van der Waals surface area contributed by atoms with Crippen LogP contribution in [0.15, 0.2) is 78.9 Å². The van der Waals surface area contributed by atoms with Crippen molar-refractivity contribution in [1.82, 2.24) is 4.90 Å². The normalized spacial score (nSPS) is 13.6. The molecule has 3 aromatic carbocycles. The molecule has 7 heteroatoms. The summed E-state index contributed by atoms with van der Waals surface area (Å²) in [5, 5.41) is 6.33. The van der Waals surface area contributed by atoms with Gasteiger partial charge < -0.3 is 20.4 Å². The van der Waals surface area contributed by atoms with Crippen LogP contribution in [0.5, 0.6) is 0 Å². The van der Waals surface area contributed by atoms with E-state index < -0.39 is 0 Å². The highest BCUT2D eigenvalue weighted by atomic mass is 16.2. The molecule has 0 atom stereocenters. The van der Waals surface area contributed by atoms with Crippen molar-refractivity contribution in [2.24, 2.45) is 0 Å². The predicted molar refractivity (Wildman–Crippen MR) is 135 cm³/mol. The molecular formula is C27H26N4O3. The molecule has 0 aromatic heterocycles. The Bertz CT molecular complexity index is 1260. The van der Waals surface area contributed by atoms with E-state index in [1.165, 1.54) is 16.7 Å². The molecule has 1 heterocycles. The van der Waals surface area contributed by atoms with Crippen LogP contribution in [-0.4, -0.2) is 43.3 Å². The number of nitrogens with one attached hydrogen (secondary N) is 2. The number of rotatable bonds is 6. The van der Waals surface area contributed by atoms with Gasteiger partial charge in [-0.1, -0.05) is 48.5 Å². The van der Waals surface area contributed by atoms with Crippen LogP contribution in [0, 0.1) is 0 Å². The van der Waals surface area contributed by atoms with Gasteiger partial charge in [-0.15, -0.1) is 0 Å². The number of amides is 3. The molecule has 1 aliphatic rings. The van der Waals surface area contributed by atoms with Crippen LogP contribution < -0.4 is 15.5 Å². The summed E-state index contributed by atoms with van der Waals surface area (Å²) in [6, 6.07) is 24.5. The Kier molecular flexibility index (Phi) is 6.45. The van der Waals surface area contributed by atoms with Crippen molar-refractivity contribution < 1.29 is 14.4 Å². The van der Waals surface area contributed by atoms with E-state index in [2.05, 4.69) is 10.6 Å². The van der Waals surface area contributed by atoms with Crippen LogP contribution in [0.2, 0.25) is 0 Å². The Morgan fingerprint density at radius 3 is 2.18 bits per heavy atom. The van der Waals surface area contributed by atoms with E-state index in [0.29, 0.717) is 17.0 Å². The molecule has 0 aliphatic carbocycles. The Hall–Kier alpha value is -4.39. The third-order valence-electron chi connectivity index (χ3n) is 5.60. The average Bonchev–Trinajstić information content (AvgIpc) is 3.17. The highest BCUT2D eigenvalue weighted by Crippen LogP contribution is 2.37. The fraction of sp³-hybridized carbons (Fsp3) is 0.148. The van der Waals surface area contributed by atoms with Crippen LogP contribution in [-0.2, 0) is 14.4 Å². The van der Waals surface area contributed by atoms with Crippen molar-refractivity contribution in [3.8, 4) is 0 Å². The first-order valence-corrected chi connectivity index (χ1v) is 10.9. The number of hydrogen-bond acceptors (Lipinski definition) is 4. The minimum Gasteiger partial charge on any atom is -0.354 e. The van der Waals surface area contributed by atoms with Crippen molar-refractivity contribution in [2.75, 3.05) is 36.2 Å². The molecule has 7 nitrogen and oxygen atoms in total. The van der Waals surface area contributed by atoms with Gasteiger partial charge >= 0.3 is 0 Å². The predicted octanol–water partition coefficient (Wildman–Crippen LogP) is 4.06. The number of carbonyl (C=O) groups is 3. The molecule has 3 aromatic rings. The summed E-state index contributed by atoms with van der Waals surface area (Å²) >= 11 is 0. The molecule has 0 fully saturated rings. The van der Waals surface area contributed by atoms with Gasteiger partial charge in [0.05, 0.1) is 11.3 Å². The lowest BCUT2D eigenvalue weighted by Crippen LogP contribution is -2.39. The Morgan fingerprint density at radius 2 is 1.53 bits per heavy atom. The molecular weight excluding hydrogens is 428 g/mol. The summed E-state index contributed by atoms with van der Waals surface area (Å²) in [4.78, 5) is 40.1. The van der Waals surface area contributed by atoms with Gasteiger partial charge in [-0.25, -0.2) is 0 Å². The standard InChI is InChI=1S/C27H26N4O3/c1-18(32)31(17-24(33)30(2)3)21-15-13-20(14-16-21)28-26(19-9-5-4-6-10-19)25-22-11-7-8-12-23(22)29-27(25)34/h4-16,28H,17H2,1-3H3,(H,29,34)/b26-25-. The fourth-order valence-electron chi connectivity index (χ4n) is 3.78. The van der Waals surface area contributed by atoms with Gasteiger partial charge in [0.25, 0.3) is 5.91 Å². The smallest absolute Gasteiger partial charge is 0.258 e. The minimum absolute atomic E-state index is 0.0363. The second-order valence-electron chi connectivity index (χ2n) is 8.18. The molecule has 0 radical (unpaired) electrons. The molecule has 172 valence electrons. The van der Waals surface area contributed by atoms with Crippen LogP contribution in [0.3, 0.4) is 0 Å². The number of likely N-dealkylation sites (N-methyl/N-ethyl adjacent to an activating group) is 1. The molecule has 3 amide bonds. The first kappa shape index (κ1) is 22.8. The van der Waals surface area contributed by atoms with Crippen LogP contribution in [0.4, 0.5) is 17.1 Å². The van der Waals surface area contributed by atoms with Gasteiger partial charge in [-0.05, 0) is 35.9 Å². The number of benzene rings is 3. The SMILES string of the molecule is CC(=O)N(CC(=O)N(C)C)c1ccc(N/C(=C2\C(=O)Nc3ccccc32)c2ccccc2)cc1. The number of fused-ring (bicyclic) bond motifs is 1. The van der Waals surface area contributed by atoms with Gasteiger partial charge in [0.2, 0.25) is 11.8 Å². The highest BCUT2D eigenvalue weighted by Gasteiger charge is 2.28. The average molecular weight is 455 g/mol. The second-order valence-corrected chi connectivity index (χ2v) is 8.18. The third kappa shape index (κ3) is 4.68. The monoisotopic (exact) mass is 454 g/mol.